The topological polar surface area (TPSA) is 35.5 Å². The molecule has 0 bridgehead atoms. The van der Waals surface area contributed by atoms with Crippen molar-refractivity contribution in [2.45, 2.75) is 0 Å². The number of aldehydes is 1. The third kappa shape index (κ3) is 2.12. The predicted molar refractivity (Wildman–Crippen MR) is 57.7 cm³/mol. The van der Waals surface area contributed by atoms with Crippen LogP contribution in [-0.2, 0) is 0 Å². The fraction of sp³-hybridized carbons (Fsp3) is 0.222. The summed E-state index contributed by atoms with van der Waals surface area (Å²) in [7, 11) is 3.10. The number of rotatable bonds is 3. The third-order valence-electron chi connectivity index (χ3n) is 1.63. The number of methoxy groups -OCH3 is 2. The molecular weight excluding hydrogens is 283 g/mol. The van der Waals surface area contributed by atoms with Gasteiger partial charge in [0.2, 0.25) is 0 Å². The third-order valence-corrected chi connectivity index (χ3v) is 2.47. The molecule has 1 aromatic rings. The molecule has 0 atom stereocenters. The monoisotopic (exact) mass is 292 g/mol. The van der Waals surface area contributed by atoms with Gasteiger partial charge in [-0.25, -0.2) is 0 Å². The van der Waals surface area contributed by atoms with Crippen molar-refractivity contribution in [3.63, 3.8) is 0 Å². The summed E-state index contributed by atoms with van der Waals surface area (Å²) in [4.78, 5) is 10.6. The Bertz CT molecular complexity index is 323. The molecule has 4 heteroatoms. The maximum absolute atomic E-state index is 10.6. The number of carbonyl (C=O) groups is 1. The lowest BCUT2D eigenvalue weighted by Gasteiger charge is -2.08. The van der Waals surface area contributed by atoms with Crippen LogP contribution in [0, 0.1) is 3.57 Å². The fourth-order valence-electron chi connectivity index (χ4n) is 0.975. The molecule has 0 radical (unpaired) electrons. The summed E-state index contributed by atoms with van der Waals surface area (Å²) in [5.41, 5.74) is 0.535. The zero-order chi connectivity index (χ0) is 9.84. The average molecular weight is 292 g/mol. The van der Waals surface area contributed by atoms with Gasteiger partial charge in [0.25, 0.3) is 0 Å². The molecular formula is C9H9IO3. The van der Waals surface area contributed by atoms with Gasteiger partial charge < -0.3 is 9.47 Å². The van der Waals surface area contributed by atoms with Crippen molar-refractivity contribution < 1.29 is 14.3 Å². The number of benzene rings is 1. The molecule has 3 nitrogen and oxygen atoms in total. The molecule has 0 aliphatic rings. The van der Waals surface area contributed by atoms with Gasteiger partial charge in [0.15, 0.2) is 6.29 Å². The Kier molecular flexibility index (Phi) is 3.53. The van der Waals surface area contributed by atoms with E-state index in [9.17, 15) is 4.79 Å². The van der Waals surface area contributed by atoms with Crippen molar-refractivity contribution in [3.05, 3.63) is 21.3 Å². The number of hydrogen-bond donors (Lipinski definition) is 0. The van der Waals surface area contributed by atoms with Crippen LogP contribution in [0.2, 0.25) is 0 Å². The van der Waals surface area contributed by atoms with E-state index in [1.54, 1.807) is 19.2 Å². The van der Waals surface area contributed by atoms with E-state index in [1.165, 1.54) is 7.11 Å². The highest BCUT2D eigenvalue weighted by Gasteiger charge is 2.07. The van der Waals surface area contributed by atoms with Crippen molar-refractivity contribution in [1.82, 2.24) is 0 Å². The minimum absolute atomic E-state index is 0.535. The highest BCUT2D eigenvalue weighted by molar-refractivity contribution is 14.1. The van der Waals surface area contributed by atoms with Crippen molar-refractivity contribution >= 4 is 28.9 Å². The van der Waals surface area contributed by atoms with Crippen LogP contribution in [0.4, 0.5) is 0 Å². The van der Waals surface area contributed by atoms with Crippen LogP contribution in [-0.4, -0.2) is 20.5 Å². The first-order valence-corrected chi connectivity index (χ1v) is 4.67. The smallest absolute Gasteiger partial charge is 0.153 e. The zero-order valence-corrected chi connectivity index (χ0v) is 9.49. The summed E-state index contributed by atoms with van der Waals surface area (Å²) in [5, 5.41) is 0. The molecule has 0 spiro atoms. The van der Waals surface area contributed by atoms with Gasteiger partial charge in [-0.15, -0.1) is 0 Å². The van der Waals surface area contributed by atoms with Crippen molar-refractivity contribution in [2.75, 3.05) is 14.2 Å². The number of ether oxygens (including phenoxy) is 2. The largest absolute Gasteiger partial charge is 0.496 e. The van der Waals surface area contributed by atoms with Gasteiger partial charge in [-0.3, -0.25) is 4.79 Å². The molecule has 13 heavy (non-hydrogen) atoms. The minimum Gasteiger partial charge on any atom is -0.496 e. The summed E-state index contributed by atoms with van der Waals surface area (Å²) < 4.78 is 11.0. The van der Waals surface area contributed by atoms with E-state index in [1.807, 2.05) is 0 Å². The van der Waals surface area contributed by atoms with E-state index in [2.05, 4.69) is 22.6 Å². The maximum Gasteiger partial charge on any atom is 0.153 e. The van der Waals surface area contributed by atoms with Crippen molar-refractivity contribution in [3.8, 4) is 11.5 Å². The van der Waals surface area contributed by atoms with Gasteiger partial charge in [-0.2, -0.15) is 0 Å². The van der Waals surface area contributed by atoms with E-state index in [0.717, 1.165) is 9.86 Å². The summed E-state index contributed by atoms with van der Waals surface area (Å²) in [6, 6.07) is 3.43. The van der Waals surface area contributed by atoms with Gasteiger partial charge in [-0.05, 0) is 28.7 Å². The molecule has 0 fully saturated rings. The Morgan fingerprint density at radius 1 is 1.23 bits per heavy atom. The van der Waals surface area contributed by atoms with Crippen LogP contribution in [0.5, 0.6) is 11.5 Å². The van der Waals surface area contributed by atoms with Gasteiger partial charge in [-0.1, -0.05) is 0 Å². The van der Waals surface area contributed by atoms with Gasteiger partial charge >= 0.3 is 0 Å². The molecule has 0 N–H and O–H groups in total. The van der Waals surface area contributed by atoms with Crippen LogP contribution in [0.25, 0.3) is 0 Å². The Hall–Kier alpha value is -0.780. The van der Waals surface area contributed by atoms with Crippen LogP contribution in [0.3, 0.4) is 0 Å². The summed E-state index contributed by atoms with van der Waals surface area (Å²) in [6.45, 7) is 0. The first-order chi connectivity index (χ1) is 6.22. The fourth-order valence-corrected chi connectivity index (χ4v) is 1.69. The normalized spacial score (nSPS) is 9.46. The molecule has 1 aromatic carbocycles. The Labute approximate surface area is 90.2 Å². The predicted octanol–water partition coefficient (Wildman–Crippen LogP) is 2.12. The van der Waals surface area contributed by atoms with E-state index >= 15 is 0 Å². The first-order valence-electron chi connectivity index (χ1n) is 3.59. The number of halogens is 1. The van der Waals surface area contributed by atoms with Crippen molar-refractivity contribution in [1.29, 1.82) is 0 Å². The molecule has 0 aliphatic heterocycles. The Morgan fingerprint density at radius 3 is 2.31 bits per heavy atom. The van der Waals surface area contributed by atoms with Crippen LogP contribution >= 0.6 is 22.6 Å². The quantitative estimate of drug-likeness (QED) is 0.632. The highest BCUT2D eigenvalue weighted by atomic mass is 127. The van der Waals surface area contributed by atoms with Crippen LogP contribution in [0.1, 0.15) is 10.4 Å². The number of carbonyl (C=O) groups excluding carboxylic acids is 1. The average Bonchev–Trinajstić information content (AvgIpc) is 2.17. The zero-order valence-electron chi connectivity index (χ0n) is 7.33. The molecule has 0 saturated carbocycles. The Morgan fingerprint density at radius 2 is 1.85 bits per heavy atom. The van der Waals surface area contributed by atoms with Gasteiger partial charge in [0, 0.05) is 6.07 Å². The SMILES string of the molecule is COc1cc(OC)c(C=O)cc1I. The molecule has 0 saturated heterocycles. The second kappa shape index (κ2) is 4.45. The summed E-state index contributed by atoms with van der Waals surface area (Å²) >= 11 is 2.10. The number of hydrogen-bond acceptors (Lipinski definition) is 3. The van der Waals surface area contributed by atoms with Crippen LogP contribution < -0.4 is 9.47 Å². The summed E-state index contributed by atoms with van der Waals surface area (Å²) in [6.07, 6.45) is 0.764. The summed E-state index contributed by atoms with van der Waals surface area (Å²) in [5.74, 6) is 1.25. The molecule has 0 heterocycles. The highest BCUT2D eigenvalue weighted by Crippen LogP contribution is 2.28. The van der Waals surface area contributed by atoms with Crippen LogP contribution in [0.15, 0.2) is 12.1 Å². The molecule has 1 rings (SSSR count). The van der Waals surface area contributed by atoms with Crippen molar-refractivity contribution in [2.24, 2.45) is 0 Å². The second-order valence-electron chi connectivity index (χ2n) is 2.35. The standard InChI is InChI=1S/C9H9IO3/c1-12-8-4-9(13-2)7(10)3-6(8)5-11/h3-5H,1-2H3. The lowest BCUT2D eigenvalue weighted by molar-refractivity contribution is 0.112. The van der Waals surface area contributed by atoms with E-state index < -0.39 is 0 Å². The Balaban J connectivity index is 3.26. The van der Waals surface area contributed by atoms with Gasteiger partial charge in [0.05, 0.1) is 23.4 Å². The minimum atomic E-state index is 0.535. The van der Waals surface area contributed by atoms with Gasteiger partial charge in [0.1, 0.15) is 11.5 Å². The molecule has 0 aromatic heterocycles. The molecule has 0 unspecified atom stereocenters. The maximum atomic E-state index is 10.6. The van der Waals surface area contributed by atoms with E-state index in [0.29, 0.717) is 17.1 Å². The molecule has 0 aliphatic carbocycles. The first kappa shape index (κ1) is 10.3. The molecule has 70 valence electrons. The van der Waals surface area contributed by atoms with E-state index in [-0.39, 0.29) is 0 Å². The lowest BCUT2D eigenvalue weighted by atomic mass is 10.2. The molecule has 0 amide bonds. The second-order valence-corrected chi connectivity index (χ2v) is 3.51. The lowest BCUT2D eigenvalue weighted by Crippen LogP contribution is -1.94. The van der Waals surface area contributed by atoms with E-state index in [4.69, 9.17) is 9.47 Å².